The molecule has 0 unspecified atom stereocenters. The van der Waals surface area contributed by atoms with Crippen LogP contribution in [0.2, 0.25) is 0 Å². The third-order valence-electron chi connectivity index (χ3n) is 22.7. The SMILES string of the molecule is CC(C)(C)c1cc2c[c]([Al])c3c4c5cc(C(C)(C)C)cc6c7cc(C(C)(C)C)cc8c7c7c(c65)c5c4c(c4cc(C(C)(C)C)cc6c9cc(C(C)(C)C)cc%10c9c(c5c64)c7c4c8c5[c]([Al])cc6cc(C(C)(C)C)cc7c[c]([Al])c(c%104)c5c67)c4[c]([Al])cc(c1)c2c34. The van der Waals surface area contributed by atoms with Crippen molar-refractivity contribution in [2.75, 3.05) is 0 Å². The first-order chi connectivity index (χ1) is 42.1. The summed E-state index contributed by atoms with van der Waals surface area (Å²) >= 11 is 13.5. The van der Waals surface area contributed by atoms with Gasteiger partial charge in [-0.25, -0.2) is 0 Å². The minimum atomic E-state index is -0.153. The molecule has 0 N–H and O–H groups in total. The van der Waals surface area contributed by atoms with Crippen LogP contribution in [0.5, 0.6) is 0 Å². The summed E-state index contributed by atoms with van der Waals surface area (Å²) < 4.78 is 5.07. The van der Waals surface area contributed by atoms with Gasteiger partial charge in [0.05, 0.1) is 0 Å². The zero-order valence-electron chi connectivity index (χ0n) is 55.5. The first kappa shape index (κ1) is 55.7. The quantitative estimate of drug-likeness (QED) is 0.0806. The monoisotopic (exact) mass is 1210 g/mol. The highest BCUT2D eigenvalue weighted by Crippen LogP contribution is 2.64. The Morgan fingerprint density at radius 3 is 0.511 bits per heavy atom. The number of fused-ring (bicyclic) bond motifs is 10. The van der Waals surface area contributed by atoms with E-state index in [2.05, 4.69) is 287 Å². The largest absolute Gasteiger partial charge is 0.176 e. The van der Waals surface area contributed by atoms with Gasteiger partial charge in [0.2, 0.25) is 0 Å². The van der Waals surface area contributed by atoms with Gasteiger partial charge in [0, 0.05) is 0 Å². The maximum atomic E-state index is 3.37. The first-order valence-electron chi connectivity index (χ1n) is 32.9. The molecule has 0 aliphatic rings. The van der Waals surface area contributed by atoms with Crippen molar-refractivity contribution in [2.45, 2.75) is 157 Å². The molecule has 19 aromatic carbocycles. The van der Waals surface area contributed by atoms with Gasteiger partial charge in [0.15, 0.2) is 65.2 Å². The maximum absolute atomic E-state index is 3.37. The van der Waals surface area contributed by atoms with Crippen LogP contribution in [0, 0.1) is 0 Å². The van der Waals surface area contributed by atoms with Gasteiger partial charge in [-0.1, -0.05) is 173 Å². The van der Waals surface area contributed by atoms with Crippen molar-refractivity contribution in [3.05, 3.63) is 130 Å². The van der Waals surface area contributed by atoms with Gasteiger partial charge in [-0.15, -0.1) is 17.7 Å². The minimum Gasteiger partial charge on any atom is -0.130 e. The van der Waals surface area contributed by atoms with Crippen molar-refractivity contribution in [3.63, 3.8) is 0 Å². The molecule has 0 nitrogen and oxygen atoms in total. The Hall–Kier alpha value is -5.93. The molecule has 0 aromatic heterocycles. The van der Waals surface area contributed by atoms with Crippen LogP contribution in [-0.2, 0) is 32.5 Å². The van der Waals surface area contributed by atoms with Crippen LogP contribution < -0.4 is 17.7 Å². The molecule has 0 aliphatic heterocycles. The molecule has 19 rings (SSSR count). The van der Waals surface area contributed by atoms with Crippen LogP contribution in [0.15, 0.2) is 97.1 Å². The molecule has 0 saturated heterocycles. The van der Waals surface area contributed by atoms with E-state index in [1.54, 1.807) is 0 Å². The highest BCUT2D eigenvalue weighted by atomic mass is 27.1. The fourth-order valence-corrected chi connectivity index (χ4v) is 20.1. The van der Waals surface area contributed by atoms with Crippen molar-refractivity contribution in [1.29, 1.82) is 0 Å². The third-order valence-corrected chi connectivity index (χ3v) is 24.5. The predicted octanol–water partition coefficient (Wildman–Crippen LogP) is 20.9. The van der Waals surface area contributed by atoms with Crippen LogP contribution in [-0.4, -0.2) is 65.2 Å². The topological polar surface area (TPSA) is 0 Å². The Balaban J connectivity index is 1.25. The van der Waals surface area contributed by atoms with E-state index in [0.29, 0.717) is 0 Å². The van der Waals surface area contributed by atoms with E-state index >= 15 is 0 Å². The summed E-state index contributed by atoms with van der Waals surface area (Å²) in [6.07, 6.45) is 0. The van der Waals surface area contributed by atoms with Crippen LogP contribution in [0.3, 0.4) is 0 Å². The molecule has 0 atom stereocenters. The van der Waals surface area contributed by atoms with Crippen molar-refractivity contribution < 1.29 is 0 Å². The molecule has 0 amide bonds. The van der Waals surface area contributed by atoms with Gasteiger partial charge >= 0.3 is 0 Å². The standard InChI is InChI=1S/C86H70.4Al/c1-81(2,3)43-27-39-19-23-49-63-50(24-20-40(28-43)61(39)63)66-58-36-46(84(10,11)12)32-54-56-34-48(86(16,17)18)38-60-68-52-26-22-42-30-44(82(4,5)6)29-41-21-25-51(64(52)62(41)42)67-59-37-47(85(13,14)15)33-55-53-31-45(83(7,8)9)35-57-65(49)73(66)79-75(69(53)57)77(71(55)59)80(74(67)68)78(72(56)60)76(79)70(54)58;;;;/h19-22,27-38H,1-18H3;;;;. The summed E-state index contributed by atoms with van der Waals surface area (Å²) in [4.78, 5) is 0. The van der Waals surface area contributed by atoms with E-state index in [4.69, 9.17) is 0 Å². The molecule has 426 valence electrons. The number of benzene rings is 19. The Labute approximate surface area is 559 Å². The lowest BCUT2D eigenvalue weighted by Gasteiger charge is -2.34. The van der Waals surface area contributed by atoms with Crippen LogP contribution in [0.1, 0.15) is 158 Å². The van der Waals surface area contributed by atoms with Gasteiger partial charge in [0.1, 0.15) is 0 Å². The van der Waals surface area contributed by atoms with Gasteiger partial charge < -0.3 is 0 Å². The van der Waals surface area contributed by atoms with Crippen LogP contribution >= 0.6 is 0 Å². The molecule has 19 aromatic rings. The molecule has 0 saturated carbocycles. The molecular formula is C86H70Al4. The van der Waals surface area contributed by atoms with Crippen molar-refractivity contribution >= 4 is 277 Å². The third kappa shape index (κ3) is 6.59. The van der Waals surface area contributed by atoms with Crippen molar-refractivity contribution in [3.8, 4) is 0 Å². The molecule has 0 heterocycles. The summed E-state index contributed by atoms with van der Waals surface area (Å²) in [5, 5.41) is 50.2. The molecule has 0 fully saturated rings. The van der Waals surface area contributed by atoms with E-state index in [1.807, 2.05) is 0 Å². The summed E-state index contributed by atoms with van der Waals surface area (Å²) in [5.74, 6) is 0. The first-order valence-corrected chi connectivity index (χ1v) is 35.2. The Morgan fingerprint density at radius 1 is 0.156 bits per heavy atom. The highest BCUT2D eigenvalue weighted by molar-refractivity contribution is 6.68. The fraction of sp³-hybridized carbons (Fsp3) is 0.279. The summed E-state index contributed by atoms with van der Waals surface area (Å²) in [7, 11) is 0. The molecule has 90 heavy (non-hydrogen) atoms. The lowest BCUT2D eigenvalue weighted by atomic mass is 9.69. The van der Waals surface area contributed by atoms with E-state index in [-0.39, 0.29) is 32.5 Å². The predicted molar refractivity (Wildman–Crippen MR) is 405 cm³/mol. The van der Waals surface area contributed by atoms with Gasteiger partial charge in [-0.05, 0) is 308 Å². The average molecular weight is 1210 g/mol. The highest BCUT2D eigenvalue weighted by Gasteiger charge is 2.38. The normalized spacial score (nSPS) is 14.5. The Bertz CT molecular complexity index is 5750. The zero-order valence-corrected chi connectivity index (χ0v) is 60.2. The average Bonchev–Trinajstić information content (AvgIpc) is 0.634. The number of rotatable bonds is 0. The van der Waals surface area contributed by atoms with Crippen LogP contribution in [0.4, 0.5) is 0 Å². The van der Waals surface area contributed by atoms with Crippen LogP contribution in [0.25, 0.3) is 194 Å². The Morgan fingerprint density at radius 2 is 0.311 bits per heavy atom. The van der Waals surface area contributed by atoms with E-state index in [1.165, 1.54) is 245 Å². The Kier molecular flexibility index (Phi) is 10.2. The van der Waals surface area contributed by atoms with E-state index in [0.717, 1.165) is 0 Å². The second kappa shape index (κ2) is 16.5. The minimum absolute atomic E-state index is 0.0196. The lowest BCUT2D eigenvalue weighted by molar-refractivity contribution is 0.591. The molecule has 8 radical (unpaired) electrons. The zero-order chi connectivity index (χ0) is 62.9. The van der Waals surface area contributed by atoms with Gasteiger partial charge in [-0.3, -0.25) is 0 Å². The second-order valence-corrected chi connectivity index (χ2v) is 37.0. The van der Waals surface area contributed by atoms with Gasteiger partial charge in [0.25, 0.3) is 0 Å². The summed E-state index contributed by atoms with van der Waals surface area (Å²) in [6.45, 7) is 43.5. The second-order valence-electron chi connectivity index (χ2n) is 34.5. The summed E-state index contributed by atoms with van der Waals surface area (Å²) in [5.41, 5.74) is 7.60. The molecule has 0 aliphatic carbocycles. The number of hydrogen-bond donors (Lipinski definition) is 0. The molecule has 0 spiro atoms. The van der Waals surface area contributed by atoms with E-state index < -0.39 is 0 Å². The molecule has 0 bridgehead atoms. The smallest absolute Gasteiger partial charge is 0.130 e. The van der Waals surface area contributed by atoms with Crippen molar-refractivity contribution in [2.24, 2.45) is 0 Å². The fourth-order valence-electron chi connectivity index (χ4n) is 18.2. The van der Waals surface area contributed by atoms with E-state index in [9.17, 15) is 0 Å². The molecule has 4 heteroatoms. The molecular weight excluding hydrogens is 1140 g/mol. The summed E-state index contributed by atoms with van der Waals surface area (Å²) in [6, 6.07) is 41.6. The maximum Gasteiger partial charge on any atom is 0.176 e. The lowest BCUT2D eigenvalue weighted by Crippen LogP contribution is -2.16. The van der Waals surface area contributed by atoms with Gasteiger partial charge in [-0.2, -0.15) is 0 Å². The number of hydrogen-bond acceptors (Lipinski definition) is 0. The van der Waals surface area contributed by atoms with Crippen molar-refractivity contribution in [1.82, 2.24) is 0 Å².